The zero-order valence-electron chi connectivity index (χ0n) is 9.77. The molecule has 0 aliphatic rings. The SMILES string of the molecule is CCC(C)SCCOc1cccc(C#N)c1. The molecule has 0 aliphatic heterocycles. The normalized spacial score (nSPS) is 11.8. The molecule has 2 nitrogen and oxygen atoms in total. The van der Waals surface area contributed by atoms with Crippen LogP contribution in [0.15, 0.2) is 24.3 Å². The van der Waals surface area contributed by atoms with E-state index in [4.69, 9.17) is 10.00 Å². The van der Waals surface area contributed by atoms with Gasteiger partial charge >= 0.3 is 0 Å². The summed E-state index contributed by atoms with van der Waals surface area (Å²) in [6.45, 7) is 5.11. The Labute approximate surface area is 102 Å². The Bertz CT molecular complexity index is 359. The summed E-state index contributed by atoms with van der Waals surface area (Å²) in [6, 6.07) is 9.38. The second kappa shape index (κ2) is 7.19. The molecule has 0 saturated carbocycles. The Balaban J connectivity index is 2.29. The Morgan fingerprint density at radius 2 is 2.31 bits per heavy atom. The molecule has 1 unspecified atom stereocenters. The minimum absolute atomic E-state index is 0.645. The van der Waals surface area contributed by atoms with Crippen LogP contribution in [-0.2, 0) is 0 Å². The van der Waals surface area contributed by atoms with E-state index in [1.54, 1.807) is 12.1 Å². The lowest BCUT2D eigenvalue weighted by atomic mass is 10.2. The Kier molecular flexibility index (Phi) is 5.81. The molecule has 1 atom stereocenters. The van der Waals surface area contributed by atoms with Gasteiger partial charge in [-0.1, -0.05) is 19.9 Å². The molecule has 0 heterocycles. The number of hydrogen-bond acceptors (Lipinski definition) is 3. The van der Waals surface area contributed by atoms with Crippen LogP contribution < -0.4 is 4.74 Å². The number of nitriles is 1. The van der Waals surface area contributed by atoms with Gasteiger partial charge in [-0.25, -0.2) is 0 Å². The Morgan fingerprint density at radius 1 is 1.50 bits per heavy atom. The quantitative estimate of drug-likeness (QED) is 0.708. The molecule has 16 heavy (non-hydrogen) atoms. The first-order chi connectivity index (χ1) is 7.76. The van der Waals surface area contributed by atoms with Crippen molar-refractivity contribution in [3.63, 3.8) is 0 Å². The fourth-order valence-corrected chi connectivity index (χ4v) is 2.00. The monoisotopic (exact) mass is 235 g/mol. The minimum atomic E-state index is 0.645. The van der Waals surface area contributed by atoms with Crippen molar-refractivity contribution in [1.82, 2.24) is 0 Å². The summed E-state index contributed by atoms with van der Waals surface area (Å²) in [5, 5.41) is 9.42. The lowest BCUT2D eigenvalue weighted by Crippen LogP contribution is -2.04. The van der Waals surface area contributed by atoms with E-state index in [1.165, 1.54) is 6.42 Å². The summed E-state index contributed by atoms with van der Waals surface area (Å²) in [7, 11) is 0. The third-order valence-corrected chi connectivity index (χ3v) is 3.60. The molecule has 0 bridgehead atoms. The lowest BCUT2D eigenvalue weighted by molar-refractivity contribution is 0.343. The molecule has 1 aromatic carbocycles. The first kappa shape index (κ1) is 12.9. The van der Waals surface area contributed by atoms with Crippen molar-refractivity contribution in [2.45, 2.75) is 25.5 Å². The first-order valence-electron chi connectivity index (χ1n) is 5.50. The molecule has 0 aromatic heterocycles. The van der Waals surface area contributed by atoms with Gasteiger partial charge < -0.3 is 4.74 Å². The van der Waals surface area contributed by atoms with E-state index >= 15 is 0 Å². The van der Waals surface area contributed by atoms with E-state index in [9.17, 15) is 0 Å². The van der Waals surface area contributed by atoms with Crippen LogP contribution in [0, 0.1) is 11.3 Å². The molecule has 1 aromatic rings. The molecule has 0 N–H and O–H groups in total. The van der Waals surface area contributed by atoms with Crippen molar-refractivity contribution in [1.29, 1.82) is 5.26 Å². The van der Waals surface area contributed by atoms with Gasteiger partial charge in [0.15, 0.2) is 0 Å². The standard InChI is InChI=1S/C13H17NOS/c1-3-11(2)16-8-7-15-13-6-4-5-12(9-13)10-14/h4-6,9,11H,3,7-8H2,1-2H3. The predicted molar refractivity (Wildman–Crippen MR) is 68.9 cm³/mol. The molecule has 0 aliphatic carbocycles. The van der Waals surface area contributed by atoms with E-state index in [-0.39, 0.29) is 0 Å². The molecular formula is C13H17NOS. The molecule has 3 heteroatoms. The maximum absolute atomic E-state index is 8.73. The van der Waals surface area contributed by atoms with Gasteiger partial charge in [0.1, 0.15) is 5.75 Å². The second-order valence-corrected chi connectivity index (χ2v) is 5.12. The largest absolute Gasteiger partial charge is 0.493 e. The van der Waals surface area contributed by atoms with Gasteiger partial charge in [-0.2, -0.15) is 17.0 Å². The predicted octanol–water partition coefficient (Wildman–Crippen LogP) is 3.47. The number of hydrogen-bond donors (Lipinski definition) is 0. The summed E-state index contributed by atoms with van der Waals surface area (Å²) in [5.41, 5.74) is 0.645. The molecule has 86 valence electrons. The maximum atomic E-state index is 8.73. The van der Waals surface area contributed by atoms with E-state index in [2.05, 4.69) is 19.9 Å². The van der Waals surface area contributed by atoms with Crippen LogP contribution in [0.25, 0.3) is 0 Å². The lowest BCUT2D eigenvalue weighted by Gasteiger charge is -2.09. The number of nitrogens with zero attached hydrogens (tertiary/aromatic N) is 1. The zero-order valence-corrected chi connectivity index (χ0v) is 10.6. The summed E-state index contributed by atoms with van der Waals surface area (Å²) >= 11 is 1.92. The molecular weight excluding hydrogens is 218 g/mol. The highest BCUT2D eigenvalue weighted by molar-refractivity contribution is 7.99. The van der Waals surface area contributed by atoms with Crippen LogP contribution in [0.2, 0.25) is 0 Å². The number of benzene rings is 1. The van der Waals surface area contributed by atoms with Crippen molar-refractivity contribution in [2.24, 2.45) is 0 Å². The van der Waals surface area contributed by atoms with Crippen LogP contribution in [0.4, 0.5) is 0 Å². The van der Waals surface area contributed by atoms with Gasteiger partial charge in [0.05, 0.1) is 18.2 Å². The highest BCUT2D eigenvalue weighted by Gasteiger charge is 1.99. The van der Waals surface area contributed by atoms with E-state index in [1.807, 2.05) is 23.9 Å². The van der Waals surface area contributed by atoms with E-state index in [0.717, 1.165) is 11.5 Å². The molecule has 1 rings (SSSR count). The van der Waals surface area contributed by atoms with Crippen LogP contribution in [0.5, 0.6) is 5.75 Å². The smallest absolute Gasteiger partial charge is 0.120 e. The van der Waals surface area contributed by atoms with E-state index in [0.29, 0.717) is 17.4 Å². The van der Waals surface area contributed by atoms with Gasteiger partial charge in [0, 0.05) is 11.0 Å². The van der Waals surface area contributed by atoms with Crippen LogP contribution in [0.3, 0.4) is 0 Å². The maximum Gasteiger partial charge on any atom is 0.120 e. The van der Waals surface area contributed by atoms with Gasteiger partial charge in [-0.3, -0.25) is 0 Å². The average molecular weight is 235 g/mol. The van der Waals surface area contributed by atoms with Gasteiger partial charge in [0.25, 0.3) is 0 Å². The van der Waals surface area contributed by atoms with Crippen LogP contribution >= 0.6 is 11.8 Å². The summed E-state index contributed by atoms with van der Waals surface area (Å²) in [5.74, 6) is 1.77. The molecule has 0 amide bonds. The zero-order chi connectivity index (χ0) is 11.8. The number of ether oxygens (including phenoxy) is 1. The number of thioether (sulfide) groups is 1. The Morgan fingerprint density at radius 3 is 3.00 bits per heavy atom. The average Bonchev–Trinajstić information content (AvgIpc) is 2.34. The van der Waals surface area contributed by atoms with E-state index < -0.39 is 0 Å². The van der Waals surface area contributed by atoms with Crippen molar-refractivity contribution < 1.29 is 4.74 Å². The third-order valence-electron chi connectivity index (χ3n) is 2.29. The highest BCUT2D eigenvalue weighted by atomic mass is 32.2. The summed E-state index contributed by atoms with van der Waals surface area (Å²) in [6.07, 6.45) is 1.19. The van der Waals surface area contributed by atoms with Crippen molar-refractivity contribution >= 4 is 11.8 Å². The van der Waals surface area contributed by atoms with Gasteiger partial charge in [-0.05, 0) is 24.6 Å². The fourth-order valence-electron chi connectivity index (χ4n) is 1.18. The highest BCUT2D eigenvalue weighted by Crippen LogP contribution is 2.15. The second-order valence-electron chi connectivity index (χ2n) is 3.58. The van der Waals surface area contributed by atoms with Crippen LogP contribution in [-0.4, -0.2) is 17.6 Å². The Hall–Kier alpha value is -1.14. The third kappa shape index (κ3) is 4.59. The topological polar surface area (TPSA) is 33.0 Å². The molecule has 0 radical (unpaired) electrons. The number of rotatable bonds is 6. The summed E-state index contributed by atoms with van der Waals surface area (Å²) in [4.78, 5) is 0. The summed E-state index contributed by atoms with van der Waals surface area (Å²) < 4.78 is 5.57. The molecule has 0 spiro atoms. The molecule has 0 saturated heterocycles. The van der Waals surface area contributed by atoms with Crippen molar-refractivity contribution in [3.8, 4) is 11.8 Å². The van der Waals surface area contributed by atoms with Crippen molar-refractivity contribution in [2.75, 3.05) is 12.4 Å². The molecule has 0 fully saturated rings. The van der Waals surface area contributed by atoms with Crippen LogP contribution in [0.1, 0.15) is 25.8 Å². The first-order valence-corrected chi connectivity index (χ1v) is 6.55. The minimum Gasteiger partial charge on any atom is -0.493 e. The van der Waals surface area contributed by atoms with Gasteiger partial charge in [0.2, 0.25) is 0 Å². The van der Waals surface area contributed by atoms with Gasteiger partial charge in [-0.15, -0.1) is 0 Å². The van der Waals surface area contributed by atoms with Crippen molar-refractivity contribution in [3.05, 3.63) is 29.8 Å². The fraction of sp³-hybridized carbons (Fsp3) is 0.462.